The van der Waals surface area contributed by atoms with Crippen LogP contribution < -0.4 is 10.6 Å². The Labute approximate surface area is 88.7 Å². The van der Waals surface area contributed by atoms with Crippen molar-refractivity contribution in [2.24, 2.45) is 0 Å². The molecule has 0 unspecified atom stereocenters. The number of nitrogens with one attached hydrogen (secondary N) is 2. The van der Waals surface area contributed by atoms with Crippen LogP contribution in [0.3, 0.4) is 0 Å². The molecule has 0 aliphatic rings. The van der Waals surface area contributed by atoms with E-state index in [0.717, 1.165) is 11.1 Å². The summed E-state index contributed by atoms with van der Waals surface area (Å²) >= 11 is 0. The Morgan fingerprint density at radius 2 is 2.00 bits per heavy atom. The van der Waals surface area contributed by atoms with Crippen molar-refractivity contribution in [2.75, 3.05) is 10.6 Å². The van der Waals surface area contributed by atoms with Crippen LogP contribution in [0.15, 0.2) is 12.1 Å². The van der Waals surface area contributed by atoms with E-state index in [0.29, 0.717) is 17.8 Å². The van der Waals surface area contributed by atoms with Gasteiger partial charge in [-0.2, -0.15) is 0 Å². The predicted molar refractivity (Wildman–Crippen MR) is 59.9 cm³/mol. The molecule has 0 radical (unpaired) electrons. The third-order valence-electron chi connectivity index (χ3n) is 2.00. The lowest BCUT2D eigenvalue weighted by molar-refractivity contribution is -0.114. The number of benzene rings is 1. The second kappa shape index (κ2) is 4.59. The molecule has 0 saturated carbocycles. The van der Waals surface area contributed by atoms with Crippen molar-refractivity contribution in [3.8, 4) is 0 Å². The minimum atomic E-state index is -0.157. The highest BCUT2D eigenvalue weighted by Gasteiger charge is 2.07. The molecule has 0 bridgehead atoms. The Kier molecular flexibility index (Phi) is 3.44. The first kappa shape index (κ1) is 11.2. The molecule has 80 valence electrons. The molecule has 15 heavy (non-hydrogen) atoms. The van der Waals surface area contributed by atoms with Gasteiger partial charge in [-0.15, -0.1) is 0 Å². The van der Waals surface area contributed by atoms with Crippen LogP contribution in [-0.4, -0.2) is 12.3 Å². The van der Waals surface area contributed by atoms with E-state index < -0.39 is 0 Å². The van der Waals surface area contributed by atoms with Gasteiger partial charge in [0.05, 0.1) is 11.4 Å². The van der Waals surface area contributed by atoms with Crippen molar-refractivity contribution in [1.29, 1.82) is 0 Å². The van der Waals surface area contributed by atoms with Crippen molar-refractivity contribution >= 4 is 23.7 Å². The van der Waals surface area contributed by atoms with Gasteiger partial charge in [0.25, 0.3) is 0 Å². The zero-order valence-corrected chi connectivity index (χ0v) is 9.05. The summed E-state index contributed by atoms with van der Waals surface area (Å²) in [6, 6.07) is 3.76. The molecule has 1 aromatic rings. The van der Waals surface area contributed by atoms with Gasteiger partial charge in [-0.25, -0.2) is 0 Å². The van der Waals surface area contributed by atoms with Crippen molar-refractivity contribution in [1.82, 2.24) is 0 Å². The first-order valence-corrected chi connectivity index (χ1v) is 4.63. The number of hydrogen-bond donors (Lipinski definition) is 2. The van der Waals surface area contributed by atoms with E-state index >= 15 is 0 Å². The molecule has 0 atom stereocenters. The third-order valence-corrected chi connectivity index (χ3v) is 2.00. The normalized spacial score (nSPS) is 9.53. The van der Waals surface area contributed by atoms with Gasteiger partial charge < -0.3 is 10.6 Å². The monoisotopic (exact) mass is 206 g/mol. The lowest BCUT2D eigenvalue weighted by atomic mass is 10.1. The van der Waals surface area contributed by atoms with Crippen LogP contribution in [-0.2, 0) is 9.59 Å². The van der Waals surface area contributed by atoms with Crippen LogP contribution in [0.5, 0.6) is 0 Å². The molecule has 4 nitrogen and oxygen atoms in total. The molecule has 2 amide bonds. The zero-order chi connectivity index (χ0) is 11.4. The molecular weight excluding hydrogens is 192 g/mol. The fraction of sp³-hybridized carbons (Fsp3) is 0.273. The fourth-order valence-electron chi connectivity index (χ4n) is 1.49. The van der Waals surface area contributed by atoms with Crippen LogP contribution in [0.25, 0.3) is 0 Å². The summed E-state index contributed by atoms with van der Waals surface area (Å²) in [6.07, 6.45) is 0.597. The van der Waals surface area contributed by atoms with Gasteiger partial charge in [0.2, 0.25) is 12.3 Å². The van der Waals surface area contributed by atoms with Gasteiger partial charge in [-0.3, -0.25) is 9.59 Å². The molecule has 4 heteroatoms. The molecule has 1 aromatic carbocycles. The average molecular weight is 206 g/mol. The summed E-state index contributed by atoms with van der Waals surface area (Å²) in [5, 5.41) is 5.26. The first-order valence-electron chi connectivity index (χ1n) is 4.63. The summed E-state index contributed by atoms with van der Waals surface area (Å²) in [4.78, 5) is 21.4. The molecule has 2 N–H and O–H groups in total. The molecular formula is C11H14N2O2. The van der Waals surface area contributed by atoms with Crippen LogP contribution in [0.1, 0.15) is 18.1 Å². The van der Waals surface area contributed by atoms with Crippen molar-refractivity contribution < 1.29 is 9.59 Å². The van der Waals surface area contributed by atoms with Gasteiger partial charge in [0.1, 0.15) is 0 Å². The summed E-state index contributed by atoms with van der Waals surface area (Å²) < 4.78 is 0. The maximum Gasteiger partial charge on any atom is 0.221 e. The summed E-state index contributed by atoms with van der Waals surface area (Å²) in [5.74, 6) is -0.157. The SMILES string of the molecule is CC(=O)Nc1c(C)cc(C)cc1NC=O. The van der Waals surface area contributed by atoms with E-state index in [4.69, 9.17) is 0 Å². The molecule has 0 fully saturated rings. The molecule has 1 rings (SSSR count). The van der Waals surface area contributed by atoms with Crippen molar-refractivity contribution in [3.63, 3.8) is 0 Å². The lowest BCUT2D eigenvalue weighted by Gasteiger charge is -2.13. The van der Waals surface area contributed by atoms with E-state index in [2.05, 4.69) is 10.6 Å². The van der Waals surface area contributed by atoms with Crippen LogP contribution in [0, 0.1) is 13.8 Å². The zero-order valence-electron chi connectivity index (χ0n) is 9.05. The molecule has 0 aliphatic carbocycles. The number of rotatable bonds is 3. The Morgan fingerprint density at radius 3 is 2.53 bits per heavy atom. The van der Waals surface area contributed by atoms with E-state index in [1.165, 1.54) is 6.92 Å². The topological polar surface area (TPSA) is 58.2 Å². The fourth-order valence-corrected chi connectivity index (χ4v) is 1.49. The van der Waals surface area contributed by atoms with Crippen LogP contribution in [0.2, 0.25) is 0 Å². The summed E-state index contributed by atoms with van der Waals surface area (Å²) in [7, 11) is 0. The smallest absolute Gasteiger partial charge is 0.221 e. The van der Waals surface area contributed by atoms with Gasteiger partial charge >= 0.3 is 0 Å². The number of aryl methyl sites for hydroxylation is 2. The summed E-state index contributed by atoms with van der Waals surface area (Å²) in [5.41, 5.74) is 3.23. The van der Waals surface area contributed by atoms with Crippen LogP contribution >= 0.6 is 0 Å². The quantitative estimate of drug-likeness (QED) is 0.741. The highest BCUT2D eigenvalue weighted by molar-refractivity contribution is 5.95. The average Bonchev–Trinajstić information content (AvgIpc) is 2.11. The Hall–Kier alpha value is -1.84. The number of carbonyl (C=O) groups is 2. The summed E-state index contributed by atoms with van der Waals surface area (Å²) in [6.45, 7) is 5.25. The lowest BCUT2D eigenvalue weighted by Crippen LogP contribution is -2.10. The van der Waals surface area contributed by atoms with Gasteiger partial charge in [-0.1, -0.05) is 6.07 Å². The van der Waals surface area contributed by atoms with Gasteiger partial charge in [-0.05, 0) is 31.0 Å². The minimum Gasteiger partial charge on any atom is -0.327 e. The second-order valence-corrected chi connectivity index (χ2v) is 3.45. The molecule has 0 saturated heterocycles. The Morgan fingerprint density at radius 1 is 1.33 bits per heavy atom. The second-order valence-electron chi connectivity index (χ2n) is 3.45. The molecule has 0 spiro atoms. The molecule has 0 aromatic heterocycles. The number of hydrogen-bond acceptors (Lipinski definition) is 2. The van der Waals surface area contributed by atoms with Crippen LogP contribution in [0.4, 0.5) is 11.4 Å². The van der Waals surface area contributed by atoms with Gasteiger partial charge in [0, 0.05) is 6.92 Å². The largest absolute Gasteiger partial charge is 0.327 e. The molecule has 0 aliphatic heterocycles. The highest BCUT2D eigenvalue weighted by Crippen LogP contribution is 2.27. The maximum absolute atomic E-state index is 11.0. The molecule has 0 heterocycles. The minimum absolute atomic E-state index is 0.157. The maximum atomic E-state index is 11.0. The number of amides is 2. The Bertz CT molecular complexity index is 400. The predicted octanol–water partition coefficient (Wildman–Crippen LogP) is 1.83. The standard InChI is InChI=1S/C11H14N2O2/c1-7-4-8(2)11(13-9(3)15)10(5-7)12-6-14/h4-6H,1-3H3,(H,12,14)(H,13,15). The first-order chi connectivity index (χ1) is 7.04. The van der Waals surface area contributed by atoms with E-state index in [1.54, 1.807) is 0 Å². The van der Waals surface area contributed by atoms with Crippen molar-refractivity contribution in [3.05, 3.63) is 23.3 Å². The van der Waals surface area contributed by atoms with E-state index in [9.17, 15) is 9.59 Å². The number of anilines is 2. The number of carbonyl (C=O) groups excluding carboxylic acids is 2. The highest BCUT2D eigenvalue weighted by atomic mass is 16.1. The van der Waals surface area contributed by atoms with E-state index in [-0.39, 0.29) is 5.91 Å². The Balaban J connectivity index is 3.19. The van der Waals surface area contributed by atoms with Crippen molar-refractivity contribution in [2.45, 2.75) is 20.8 Å². The van der Waals surface area contributed by atoms with Gasteiger partial charge in [0.15, 0.2) is 0 Å². The third kappa shape index (κ3) is 2.80. The van der Waals surface area contributed by atoms with E-state index in [1.807, 2.05) is 26.0 Å².